The number of hydrogen-bond acceptors (Lipinski definition) is 5. The minimum Gasteiger partial charge on any atom is -0.258 e. The van der Waals surface area contributed by atoms with Crippen LogP contribution in [0.5, 0.6) is 0 Å². The Hall–Kier alpha value is -3.09. The molecular weight excluding hydrogens is 294 g/mol. The minimum atomic E-state index is -0.463. The summed E-state index contributed by atoms with van der Waals surface area (Å²) in [5, 5.41) is 23.3. The van der Waals surface area contributed by atoms with E-state index in [9.17, 15) is 10.1 Å². The number of nitro groups is 1. The lowest BCUT2D eigenvalue weighted by Gasteiger charge is -2.04. The van der Waals surface area contributed by atoms with E-state index in [1.54, 1.807) is 18.2 Å². The van der Waals surface area contributed by atoms with Crippen LogP contribution in [0, 0.1) is 10.1 Å². The molecule has 0 unspecified atom stereocenters. The van der Waals surface area contributed by atoms with Crippen LogP contribution in [0.15, 0.2) is 48.5 Å². The Labute approximate surface area is 132 Å². The third-order valence-corrected chi connectivity index (χ3v) is 3.54. The van der Waals surface area contributed by atoms with Crippen molar-refractivity contribution in [3.63, 3.8) is 0 Å². The predicted octanol–water partition coefficient (Wildman–Crippen LogP) is 3.36. The summed E-state index contributed by atoms with van der Waals surface area (Å²) in [4.78, 5) is 11.8. The van der Waals surface area contributed by atoms with Crippen molar-refractivity contribution in [1.29, 1.82) is 0 Å². The highest BCUT2D eigenvalue weighted by Gasteiger charge is 2.17. The lowest BCUT2D eigenvalue weighted by molar-refractivity contribution is -0.384. The summed E-state index contributed by atoms with van der Waals surface area (Å²) in [6.45, 7) is 4.25. The van der Waals surface area contributed by atoms with Gasteiger partial charge in [-0.05, 0) is 22.8 Å². The van der Waals surface area contributed by atoms with Crippen molar-refractivity contribution in [2.45, 2.75) is 19.8 Å². The Balaban J connectivity index is 1.96. The third-order valence-electron chi connectivity index (χ3n) is 3.54. The number of para-hydroxylation sites is 2. The summed E-state index contributed by atoms with van der Waals surface area (Å²) in [7, 11) is 0. The monoisotopic (exact) mass is 309 g/mol. The number of nitro benzene ring substituents is 1. The van der Waals surface area contributed by atoms with E-state index in [4.69, 9.17) is 0 Å². The molecular formula is C16H15N5O2. The fraction of sp³-hybridized carbons (Fsp3) is 0.188. The van der Waals surface area contributed by atoms with Crippen LogP contribution in [0.1, 0.15) is 25.3 Å². The Bertz CT molecular complexity index is 840. The second-order valence-corrected chi connectivity index (χ2v) is 5.43. The van der Waals surface area contributed by atoms with E-state index in [2.05, 4.69) is 29.3 Å². The smallest absolute Gasteiger partial charge is 0.258 e. The van der Waals surface area contributed by atoms with Gasteiger partial charge < -0.3 is 0 Å². The Morgan fingerprint density at radius 1 is 1.09 bits per heavy atom. The summed E-state index contributed by atoms with van der Waals surface area (Å²) < 4.78 is 0. The van der Waals surface area contributed by atoms with Crippen LogP contribution in [0.4, 0.5) is 5.69 Å². The Kier molecular flexibility index (Phi) is 3.84. The maximum absolute atomic E-state index is 11.1. The van der Waals surface area contributed by atoms with Crippen molar-refractivity contribution < 1.29 is 4.92 Å². The summed E-state index contributed by atoms with van der Waals surface area (Å²) >= 11 is 0. The van der Waals surface area contributed by atoms with Crippen LogP contribution < -0.4 is 0 Å². The molecule has 1 heterocycles. The van der Waals surface area contributed by atoms with E-state index in [0.717, 1.165) is 5.56 Å². The zero-order valence-electron chi connectivity index (χ0n) is 12.7. The van der Waals surface area contributed by atoms with Gasteiger partial charge in [-0.2, -0.15) is 0 Å². The van der Waals surface area contributed by atoms with Crippen LogP contribution >= 0.6 is 0 Å². The third kappa shape index (κ3) is 2.94. The van der Waals surface area contributed by atoms with Crippen molar-refractivity contribution in [3.8, 4) is 17.1 Å². The number of nitrogens with zero attached hydrogens (tertiary/aromatic N) is 5. The largest absolute Gasteiger partial charge is 0.296 e. The van der Waals surface area contributed by atoms with Gasteiger partial charge in [0, 0.05) is 11.6 Å². The highest BCUT2D eigenvalue weighted by atomic mass is 16.6. The first-order valence-corrected chi connectivity index (χ1v) is 7.20. The number of tetrazole rings is 1. The van der Waals surface area contributed by atoms with Gasteiger partial charge in [0.1, 0.15) is 0 Å². The first-order valence-electron chi connectivity index (χ1n) is 7.20. The molecule has 0 fully saturated rings. The molecule has 0 bridgehead atoms. The standard InChI is InChI=1S/C16H15N5O2/c1-11(2)12-7-9-13(10-8-12)16-17-19-20(18-16)14-5-3-4-6-15(14)21(22)23/h3-11H,1-2H3. The molecule has 0 saturated heterocycles. The highest BCUT2D eigenvalue weighted by Crippen LogP contribution is 2.23. The van der Waals surface area contributed by atoms with E-state index >= 15 is 0 Å². The molecule has 0 spiro atoms. The average Bonchev–Trinajstić information content (AvgIpc) is 3.04. The van der Waals surface area contributed by atoms with Gasteiger partial charge in [0.15, 0.2) is 5.69 Å². The molecule has 2 aromatic carbocycles. The Morgan fingerprint density at radius 2 is 1.78 bits per heavy atom. The van der Waals surface area contributed by atoms with E-state index in [1.807, 2.05) is 24.3 Å². The van der Waals surface area contributed by atoms with Crippen LogP contribution in [0.2, 0.25) is 0 Å². The molecule has 0 aliphatic heterocycles. The second-order valence-electron chi connectivity index (χ2n) is 5.43. The van der Waals surface area contributed by atoms with Gasteiger partial charge in [-0.3, -0.25) is 10.1 Å². The summed E-state index contributed by atoms with van der Waals surface area (Å²) in [6.07, 6.45) is 0. The van der Waals surface area contributed by atoms with Gasteiger partial charge in [0.25, 0.3) is 5.69 Å². The topological polar surface area (TPSA) is 86.7 Å². The van der Waals surface area contributed by atoms with Crippen LogP contribution in [0.3, 0.4) is 0 Å². The predicted molar refractivity (Wildman–Crippen MR) is 85.3 cm³/mol. The maximum atomic E-state index is 11.1. The van der Waals surface area contributed by atoms with Gasteiger partial charge in [0.05, 0.1) is 4.92 Å². The molecule has 7 nitrogen and oxygen atoms in total. The SMILES string of the molecule is CC(C)c1ccc(-c2nnn(-c3ccccc3[N+](=O)[O-])n2)cc1. The van der Waals surface area contributed by atoms with Gasteiger partial charge in [-0.1, -0.05) is 50.2 Å². The number of benzene rings is 2. The van der Waals surface area contributed by atoms with Gasteiger partial charge in [0.2, 0.25) is 5.82 Å². The first kappa shape index (κ1) is 14.8. The second kappa shape index (κ2) is 5.96. The summed E-state index contributed by atoms with van der Waals surface area (Å²) in [6, 6.07) is 14.2. The number of hydrogen-bond donors (Lipinski definition) is 0. The molecule has 3 rings (SSSR count). The molecule has 3 aromatic rings. The zero-order chi connectivity index (χ0) is 16.4. The van der Waals surface area contributed by atoms with Crippen molar-refractivity contribution in [2.24, 2.45) is 0 Å². The van der Waals surface area contributed by atoms with Crippen molar-refractivity contribution in [3.05, 3.63) is 64.2 Å². The van der Waals surface area contributed by atoms with Gasteiger partial charge in [-0.25, -0.2) is 0 Å². The molecule has 7 heteroatoms. The van der Waals surface area contributed by atoms with Crippen LogP contribution in [-0.4, -0.2) is 25.1 Å². The molecule has 0 saturated carbocycles. The molecule has 23 heavy (non-hydrogen) atoms. The number of rotatable bonds is 4. The maximum Gasteiger partial charge on any atom is 0.296 e. The molecule has 0 aliphatic rings. The normalized spacial score (nSPS) is 10.9. The van der Waals surface area contributed by atoms with E-state index in [0.29, 0.717) is 11.7 Å². The highest BCUT2D eigenvalue weighted by molar-refractivity contribution is 5.56. The summed E-state index contributed by atoms with van der Waals surface area (Å²) in [5.41, 5.74) is 2.26. The molecule has 0 atom stereocenters. The summed E-state index contributed by atoms with van der Waals surface area (Å²) in [5.74, 6) is 0.873. The lowest BCUT2D eigenvalue weighted by atomic mass is 10.0. The Morgan fingerprint density at radius 3 is 2.43 bits per heavy atom. The molecule has 0 radical (unpaired) electrons. The van der Waals surface area contributed by atoms with Gasteiger partial charge in [-0.15, -0.1) is 15.0 Å². The van der Waals surface area contributed by atoms with Crippen molar-refractivity contribution in [1.82, 2.24) is 20.2 Å². The fourth-order valence-electron chi connectivity index (χ4n) is 2.24. The van der Waals surface area contributed by atoms with Crippen molar-refractivity contribution >= 4 is 5.69 Å². The molecule has 0 N–H and O–H groups in total. The molecule has 1 aromatic heterocycles. The zero-order valence-corrected chi connectivity index (χ0v) is 12.7. The molecule has 0 aliphatic carbocycles. The number of aromatic nitrogens is 4. The molecule has 116 valence electrons. The first-order chi connectivity index (χ1) is 11.1. The van der Waals surface area contributed by atoms with E-state index in [-0.39, 0.29) is 11.4 Å². The van der Waals surface area contributed by atoms with E-state index in [1.165, 1.54) is 16.4 Å². The fourth-order valence-corrected chi connectivity index (χ4v) is 2.24. The van der Waals surface area contributed by atoms with Crippen molar-refractivity contribution in [2.75, 3.05) is 0 Å². The quantitative estimate of drug-likeness (QED) is 0.544. The minimum absolute atomic E-state index is 0.0633. The van der Waals surface area contributed by atoms with Crippen LogP contribution in [0.25, 0.3) is 17.1 Å². The van der Waals surface area contributed by atoms with Crippen LogP contribution in [-0.2, 0) is 0 Å². The average molecular weight is 309 g/mol. The lowest BCUT2D eigenvalue weighted by Crippen LogP contribution is -2.03. The molecule has 0 amide bonds. The van der Waals surface area contributed by atoms with Gasteiger partial charge >= 0.3 is 0 Å². The van der Waals surface area contributed by atoms with E-state index < -0.39 is 4.92 Å².